The van der Waals surface area contributed by atoms with Crippen molar-refractivity contribution >= 4 is 17.1 Å². The number of piperazine rings is 1. The Morgan fingerprint density at radius 2 is 1.95 bits per heavy atom. The molecule has 1 heterocycles. The van der Waals surface area contributed by atoms with E-state index in [0.717, 1.165) is 38.4 Å². The number of rotatable bonds is 4. The van der Waals surface area contributed by atoms with Gasteiger partial charge in [0, 0.05) is 38.8 Å². The first-order valence-corrected chi connectivity index (χ1v) is 6.99. The molecule has 0 aliphatic carbocycles. The van der Waals surface area contributed by atoms with E-state index in [9.17, 15) is 10.1 Å². The molecule has 20 heavy (non-hydrogen) atoms. The SMILES string of the molecule is CC(C)CN1CCN(c2cccc([N+](=O)[O-])c2N)CC1. The van der Waals surface area contributed by atoms with Gasteiger partial charge in [0.25, 0.3) is 5.69 Å². The van der Waals surface area contributed by atoms with Crippen LogP contribution >= 0.6 is 0 Å². The molecule has 0 saturated carbocycles. The minimum Gasteiger partial charge on any atom is -0.391 e. The van der Waals surface area contributed by atoms with Crippen LogP contribution in [-0.4, -0.2) is 42.5 Å². The molecular weight excluding hydrogens is 256 g/mol. The Morgan fingerprint density at radius 1 is 1.30 bits per heavy atom. The van der Waals surface area contributed by atoms with Crippen LogP contribution in [-0.2, 0) is 0 Å². The van der Waals surface area contributed by atoms with E-state index >= 15 is 0 Å². The fourth-order valence-corrected chi connectivity index (χ4v) is 2.66. The zero-order valence-electron chi connectivity index (χ0n) is 12.1. The summed E-state index contributed by atoms with van der Waals surface area (Å²) in [6, 6.07) is 5.01. The van der Waals surface area contributed by atoms with Crippen LogP contribution < -0.4 is 10.6 Å². The van der Waals surface area contributed by atoms with Crippen LogP contribution in [0.3, 0.4) is 0 Å². The van der Waals surface area contributed by atoms with Gasteiger partial charge in [-0.1, -0.05) is 19.9 Å². The molecule has 0 radical (unpaired) electrons. The summed E-state index contributed by atoms with van der Waals surface area (Å²) in [5.74, 6) is 0.657. The van der Waals surface area contributed by atoms with E-state index in [1.54, 1.807) is 6.07 Å². The molecule has 1 aromatic rings. The maximum atomic E-state index is 10.9. The van der Waals surface area contributed by atoms with Crippen molar-refractivity contribution in [2.75, 3.05) is 43.4 Å². The summed E-state index contributed by atoms with van der Waals surface area (Å²) < 4.78 is 0. The summed E-state index contributed by atoms with van der Waals surface area (Å²) in [7, 11) is 0. The van der Waals surface area contributed by atoms with Gasteiger partial charge in [0.15, 0.2) is 0 Å². The fraction of sp³-hybridized carbons (Fsp3) is 0.571. The highest BCUT2D eigenvalue weighted by atomic mass is 16.6. The molecular formula is C14H22N4O2. The molecule has 1 fully saturated rings. The topological polar surface area (TPSA) is 75.6 Å². The van der Waals surface area contributed by atoms with Crippen LogP contribution in [0, 0.1) is 16.0 Å². The lowest BCUT2D eigenvalue weighted by molar-refractivity contribution is -0.383. The number of nitro groups is 1. The van der Waals surface area contributed by atoms with E-state index < -0.39 is 4.92 Å². The van der Waals surface area contributed by atoms with Gasteiger partial charge in [0.2, 0.25) is 0 Å². The molecule has 1 aliphatic rings. The van der Waals surface area contributed by atoms with Gasteiger partial charge in [-0.3, -0.25) is 15.0 Å². The van der Waals surface area contributed by atoms with Crippen molar-refractivity contribution in [1.29, 1.82) is 0 Å². The minimum absolute atomic E-state index is 0.00731. The lowest BCUT2D eigenvalue weighted by Crippen LogP contribution is -2.47. The summed E-state index contributed by atoms with van der Waals surface area (Å²) >= 11 is 0. The van der Waals surface area contributed by atoms with Gasteiger partial charge in [-0.2, -0.15) is 0 Å². The Bertz CT molecular complexity index is 482. The van der Waals surface area contributed by atoms with E-state index in [1.165, 1.54) is 6.07 Å². The highest BCUT2D eigenvalue weighted by Crippen LogP contribution is 2.32. The summed E-state index contributed by atoms with van der Waals surface area (Å²) in [5, 5.41) is 10.9. The first-order chi connectivity index (χ1) is 9.49. The molecule has 2 N–H and O–H groups in total. The standard InChI is InChI=1S/C14H22N4O2/c1-11(2)10-16-6-8-17(9-7-16)12-4-3-5-13(14(12)15)18(19)20/h3-5,11H,6-10,15H2,1-2H3. The monoisotopic (exact) mass is 278 g/mol. The van der Waals surface area contributed by atoms with Crippen LogP contribution in [0.15, 0.2) is 18.2 Å². The third kappa shape index (κ3) is 3.19. The van der Waals surface area contributed by atoms with Crippen molar-refractivity contribution < 1.29 is 4.92 Å². The van der Waals surface area contributed by atoms with Gasteiger partial charge >= 0.3 is 0 Å². The predicted octanol–water partition coefficient (Wildman–Crippen LogP) is 1.96. The van der Waals surface area contributed by atoms with Crippen LogP contribution in [0.4, 0.5) is 17.1 Å². The smallest absolute Gasteiger partial charge is 0.294 e. The van der Waals surface area contributed by atoms with Crippen LogP contribution in [0.1, 0.15) is 13.8 Å². The maximum Gasteiger partial charge on any atom is 0.294 e. The summed E-state index contributed by atoms with van der Waals surface area (Å²) in [6.45, 7) is 9.19. The zero-order chi connectivity index (χ0) is 14.7. The van der Waals surface area contributed by atoms with Gasteiger partial charge in [-0.05, 0) is 12.0 Å². The summed E-state index contributed by atoms with van der Waals surface area (Å²) in [5.41, 5.74) is 6.98. The number of nitrogen functional groups attached to an aromatic ring is 1. The highest BCUT2D eigenvalue weighted by Gasteiger charge is 2.22. The number of hydrogen-bond donors (Lipinski definition) is 1. The predicted molar refractivity (Wildman–Crippen MR) is 81.0 cm³/mol. The average Bonchev–Trinajstić information content (AvgIpc) is 2.39. The normalized spacial score (nSPS) is 16.6. The molecule has 6 heteroatoms. The van der Waals surface area contributed by atoms with E-state index in [2.05, 4.69) is 23.6 Å². The molecule has 1 aliphatic heterocycles. The summed E-state index contributed by atoms with van der Waals surface area (Å²) in [6.07, 6.45) is 0. The number of hydrogen-bond acceptors (Lipinski definition) is 5. The van der Waals surface area contributed by atoms with Gasteiger partial charge in [-0.15, -0.1) is 0 Å². The van der Waals surface area contributed by atoms with Gasteiger partial charge < -0.3 is 10.6 Å². The maximum absolute atomic E-state index is 10.9. The second-order valence-corrected chi connectivity index (χ2v) is 5.65. The van der Waals surface area contributed by atoms with Crippen molar-refractivity contribution in [3.05, 3.63) is 28.3 Å². The fourth-order valence-electron chi connectivity index (χ4n) is 2.66. The van der Waals surface area contributed by atoms with E-state index in [1.807, 2.05) is 6.07 Å². The number of nitro benzene ring substituents is 1. The van der Waals surface area contributed by atoms with Crippen molar-refractivity contribution in [1.82, 2.24) is 4.90 Å². The van der Waals surface area contributed by atoms with Crippen LogP contribution in [0.5, 0.6) is 0 Å². The molecule has 2 rings (SSSR count). The number of para-hydroxylation sites is 1. The molecule has 110 valence electrons. The van der Waals surface area contributed by atoms with Crippen LogP contribution in [0.25, 0.3) is 0 Å². The Kier molecular flexibility index (Phi) is 4.44. The quantitative estimate of drug-likeness (QED) is 0.517. The first-order valence-electron chi connectivity index (χ1n) is 6.99. The zero-order valence-corrected chi connectivity index (χ0v) is 12.1. The molecule has 0 spiro atoms. The van der Waals surface area contributed by atoms with E-state index in [0.29, 0.717) is 5.92 Å². The molecule has 0 atom stereocenters. The third-order valence-electron chi connectivity index (χ3n) is 3.59. The number of benzene rings is 1. The van der Waals surface area contributed by atoms with E-state index in [-0.39, 0.29) is 11.4 Å². The van der Waals surface area contributed by atoms with Crippen molar-refractivity contribution in [2.24, 2.45) is 5.92 Å². The molecule has 0 bridgehead atoms. The second kappa shape index (κ2) is 6.09. The highest BCUT2D eigenvalue weighted by molar-refractivity contribution is 5.77. The molecule has 6 nitrogen and oxygen atoms in total. The molecule has 1 saturated heterocycles. The summed E-state index contributed by atoms with van der Waals surface area (Å²) in [4.78, 5) is 15.1. The lowest BCUT2D eigenvalue weighted by Gasteiger charge is -2.37. The van der Waals surface area contributed by atoms with Crippen molar-refractivity contribution in [3.63, 3.8) is 0 Å². The van der Waals surface area contributed by atoms with Gasteiger partial charge in [0.05, 0.1) is 10.6 Å². The van der Waals surface area contributed by atoms with Gasteiger partial charge in [0.1, 0.15) is 5.69 Å². The second-order valence-electron chi connectivity index (χ2n) is 5.65. The number of nitrogens with zero attached hydrogens (tertiary/aromatic N) is 3. The Hall–Kier alpha value is -1.82. The first kappa shape index (κ1) is 14.6. The largest absolute Gasteiger partial charge is 0.391 e. The number of nitrogens with two attached hydrogens (primary N) is 1. The Labute approximate surface area is 119 Å². The minimum atomic E-state index is -0.423. The van der Waals surface area contributed by atoms with Crippen LogP contribution in [0.2, 0.25) is 0 Å². The molecule has 1 aromatic carbocycles. The molecule has 0 aromatic heterocycles. The Morgan fingerprint density at radius 3 is 2.50 bits per heavy atom. The van der Waals surface area contributed by atoms with Crippen molar-refractivity contribution in [2.45, 2.75) is 13.8 Å². The molecule has 0 amide bonds. The van der Waals surface area contributed by atoms with Gasteiger partial charge in [-0.25, -0.2) is 0 Å². The number of anilines is 2. The van der Waals surface area contributed by atoms with Crippen molar-refractivity contribution in [3.8, 4) is 0 Å². The lowest BCUT2D eigenvalue weighted by atomic mass is 10.1. The average molecular weight is 278 g/mol. The van der Waals surface area contributed by atoms with E-state index in [4.69, 9.17) is 5.73 Å². The third-order valence-corrected chi connectivity index (χ3v) is 3.59. The Balaban J connectivity index is 2.07. The molecule has 0 unspecified atom stereocenters.